The lowest BCUT2D eigenvalue weighted by Crippen LogP contribution is -2.38. The predicted octanol–water partition coefficient (Wildman–Crippen LogP) is 3.32. The molecule has 1 amide bonds. The maximum Gasteiger partial charge on any atom is 0.224 e. The largest absolute Gasteiger partial charge is 0.496 e. The fourth-order valence-electron chi connectivity index (χ4n) is 3.63. The smallest absolute Gasteiger partial charge is 0.224 e. The number of amides is 1. The number of benzene rings is 2. The maximum absolute atomic E-state index is 12.8. The summed E-state index contributed by atoms with van der Waals surface area (Å²) in [6, 6.07) is 17.9. The Bertz CT molecular complexity index is 702. The van der Waals surface area contributed by atoms with E-state index in [1.807, 2.05) is 53.4 Å². The highest BCUT2D eigenvalue weighted by molar-refractivity contribution is 5.77. The third-order valence-electron chi connectivity index (χ3n) is 4.97. The monoisotopic (exact) mass is 338 g/mol. The quantitative estimate of drug-likeness (QED) is 0.879. The topological polar surface area (TPSA) is 55.6 Å². The minimum atomic E-state index is -0.249. The molecule has 2 aromatic carbocycles. The molecule has 3 rings (SSSR count). The number of methoxy groups -OCH3 is 1. The Morgan fingerprint density at radius 1 is 1.20 bits per heavy atom. The van der Waals surface area contributed by atoms with Crippen molar-refractivity contribution in [3.63, 3.8) is 0 Å². The van der Waals surface area contributed by atoms with E-state index in [0.717, 1.165) is 42.7 Å². The molecular weight excluding hydrogens is 312 g/mol. The van der Waals surface area contributed by atoms with Crippen LogP contribution in [0.4, 0.5) is 0 Å². The van der Waals surface area contributed by atoms with Gasteiger partial charge in [0.25, 0.3) is 0 Å². The van der Waals surface area contributed by atoms with Gasteiger partial charge >= 0.3 is 0 Å². The van der Waals surface area contributed by atoms with Gasteiger partial charge in [-0.2, -0.15) is 0 Å². The number of ether oxygens (including phenoxy) is 1. The van der Waals surface area contributed by atoms with Crippen molar-refractivity contribution >= 4 is 5.91 Å². The van der Waals surface area contributed by atoms with Gasteiger partial charge in [0.2, 0.25) is 5.91 Å². The fraction of sp³-hybridized carbons (Fsp3) is 0.381. The van der Waals surface area contributed by atoms with Crippen LogP contribution >= 0.6 is 0 Å². The second kappa shape index (κ2) is 8.17. The normalized spacial score (nSPS) is 18.2. The van der Waals surface area contributed by atoms with Gasteiger partial charge in [0.1, 0.15) is 5.75 Å². The number of rotatable bonds is 6. The van der Waals surface area contributed by atoms with E-state index in [9.17, 15) is 4.79 Å². The SMILES string of the molecule is COc1ccccc1C[C@@H]1CCCN1C(=O)C[C@@H](N)c1ccccc1. The molecule has 4 nitrogen and oxygen atoms in total. The van der Waals surface area contributed by atoms with E-state index in [2.05, 4.69) is 6.07 Å². The molecule has 2 aromatic rings. The van der Waals surface area contributed by atoms with E-state index in [1.165, 1.54) is 0 Å². The molecule has 0 radical (unpaired) electrons. The number of carbonyl (C=O) groups is 1. The van der Waals surface area contributed by atoms with Crippen molar-refractivity contribution in [2.24, 2.45) is 5.73 Å². The molecule has 2 N–H and O–H groups in total. The van der Waals surface area contributed by atoms with Crippen molar-refractivity contribution in [3.05, 3.63) is 65.7 Å². The summed E-state index contributed by atoms with van der Waals surface area (Å²) in [5, 5.41) is 0. The lowest BCUT2D eigenvalue weighted by molar-refractivity contribution is -0.132. The van der Waals surface area contributed by atoms with Gasteiger partial charge in [0, 0.05) is 25.0 Å². The number of nitrogens with two attached hydrogens (primary N) is 1. The predicted molar refractivity (Wildman–Crippen MR) is 99.4 cm³/mol. The molecular formula is C21H26N2O2. The molecule has 0 aromatic heterocycles. The van der Waals surface area contributed by atoms with Gasteiger partial charge in [-0.15, -0.1) is 0 Å². The Morgan fingerprint density at radius 3 is 2.68 bits per heavy atom. The van der Waals surface area contributed by atoms with Crippen molar-refractivity contribution < 1.29 is 9.53 Å². The van der Waals surface area contributed by atoms with Crippen LogP contribution in [0.25, 0.3) is 0 Å². The van der Waals surface area contributed by atoms with Crippen molar-refractivity contribution in [2.75, 3.05) is 13.7 Å². The first kappa shape index (κ1) is 17.5. The fourth-order valence-corrected chi connectivity index (χ4v) is 3.63. The molecule has 4 heteroatoms. The first-order chi connectivity index (χ1) is 12.2. The summed E-state index contributed by atoms with van der Waals surface area (Å²) in [7, 11) is 1.69. The number of likely N-dealkylation sites (tertiary alicyclic amines) is 1. The van der Waals surface area contributed by atoms with Gasteiger partial charge in [0.15, 0.2) is 0 Å². The van der Waals surface area contributed by atoms with E-state index in [-0.39, 0.29) is 18.0 Å². The zero-order valence-electron chi connectivity index (χ0n) is 14.7. The molecule has 0 bridgehead atoms. The van der Waals surface area contributed by atoms with Gasteiger partial charge in [0.05, 0.1) is 7.11 Å². The van der Waals surface area contributed by atoms with Crippen LogP contribution in [0.3, 0.4) is 0 Å². The van der Waals surface area contributed by atoms with Gasteiger partial charge in [-0.05, 0) is 36.5 Å². The average molecular weight is 338 g/mol. The van der Waals surface area contributed by atoms with Crippen LogP contribution in [0.2, 0.25) is 0 Å². The highest BCUT2D eigenvalue weighted by Gasteiger charge is 2.30. The lowest BCUT2D eigenvalue weighted by Gasteiger charge is -2.26. The molecule has 2 atom stereocenters. The second-order valence-corrected chi connectivity index (χ2v) is 6.62. The molecule has 1 aliphatic rings. The molecule has 1 heterocycles. The Kier molecular flexibility index (Phi) is 5.71. The van der Waals surface area contributed by atoms with Crippen LogP contribution in [-0.2, 0) is 11.2 Å². The van der Waals surface area contributed by atoms with Crippen LogP contribution in [0.15, 0.2) is 54.6 Å². The highest BCUT2D eigenvalue weighted by atomic mass is 16.5. The van der Waals surface area contributed by atoms with Crippen LogP contribution < -0.4 is 10.5 Å². The second-order valence-electron chi connectivity index (χ2n) is 6.62. The van der Waals surface area contributed by atoms with E-state index in [0.29, 0.717) is 6.42 Å². The number of hydrogen-bond acceptors (Lipinski definition) is 3. The molecule has 1 aliphatic heterocycles. The number of hydrogen-bond donors (Lipinski definition) is 1. The van der Waals surface area contributed by atoms with E-state index < -0.39 is 0 Å². The Balaban J connectivity index is 1.65. The van der Waals surface area contributed by atoms with Crippen LogP contribution in [0.5, 0.6) is 5.75 Å². The summed E-state index contributed by atoms with van der Waals surface area (Å²) in [6.07, 6.45) is 3.26. The number of nitrogens with zero attached hydrogens (tertiary/aromatic N) is 1. The molecule has 25 heavy (non-hydrogen) atoms. The number of para-hydroxylation sites is 1. The van der Waals surface area contributed by atoms with Gasteiger partial charge < -0.3 is 15.4 Å². The summed E-state index contributed by atoms with van der Waals surface area (Å²) in [5.41, 5.74) is 8.40. The molecule has 0 unspecified atom stereocenters. The van der Waals surface area contributed by atoms with Gasteiger partial charge in [-0.25, -0.2) is 0 Å². The van der Waals surface area contributed by atoms with Gasteiger partial charge in [-0.1, -0.05) is 48.5 Å². The van der Waals surface area contributed by atoms with E-state index in [4.69, 9.17) is 10.5 Å². The van der Waals surface area contributed by atoms with Crippen molar-refractivity contribution in [3.8, 4) is 5.75 Å². The molecule has 1 saturated heterocycles. The highest BCUT2D eigenvalue weighted by Crippen LogP contribution is 2.27. The first-order valence-electron chi connectivity index (χ1n) is 8.91. The Labute approximate surface area is 149 Å². The minimum Gasteiger partial charge on any atom is -0.496 e. The van der Waals surface area contributed by atoms with Gasteiger partial charge in [-0.3, -0.25) is 4.79 Å². The molecule has 132 valence electrons. The zero-order chi connectivity index (χ0) is 17.6. The minimum absolute atomic E-state index is 0.147. The molecule has 0 aliphatic carbocycles. The van der Waals surface area contributed by atoms with Crippen molar-refractivity contribution in [1.29, 1.82) is 0 Å². The number of carbonyl (C=O) groups excluding carboxylic acids is 1. The lowest BCUT2D eigenvalue weighted by atomic mass is 10.0. The van der Waals surface area contributed by atoms with Crippen molar-refractivity contribution in [1.82, 2.24) is 4.90 Å². The zero-order valence-corrected chi connectivity index (χ0v) is 14.7. The van der Waals surface area contributed by atoms with E-state index in [1.54, 1.807) is 7.11 Å². The molecule has 1 fully saturated rings. The molecule has 0 saturated carbocycles. The summed E-state index contributed by atoms with van der Waals surface area (Å²) in [5.74, 6) is 1.04. The van der Waals surface area contributed by atoms with E-state index >= 15 is 0 Å². The first-order valence-corrected chi connectivity index (χ1v) is 8.91. The maximum atomic E-state index is 12.8. The van der Waals surface area contributed by atoms with Crippen LogP contribution in [-0.4, -0.2) is 30.5 Å². The Hall–Kier alpha value is -2.33. The summed E-state index contributed by atoms with van der Waals surface area (Å²) in [4.78, 5) is 14.8. The van der Waals surface area contributed by atoms with Crippen molar-refractivity contribution in [2.45, 2.75) is 37.8 Å². The average Bonchev–Trinajstić information content (AvgIpc) is 3.11. The Morgan fingerprint density at radius 2 is 1.92 bits per heavy atom. The third kappa shape index (κ3) is 4.20. The summed E-state index contributed by atoms with van der Waals surface area (Å²) >= 11 is 0. The molecule has 0 spiro atoms. The van der Waals surface area contributed by atoms with Crippen LogP contribution in [0, 0.1) is 0 Å². The third-order valence-corrected chi connectivity index (χ3v) is 4.97. The summed E-state index contributed by atoms with van der Waals surface area (Å²) in [6.45, 7) is 0.820. The van der Waals surface area contributed by atoms with Crippen LogP contribution in [0.1, 0.15) is 36.4 Å². The standard InChI is InChI=1S/C21H26N2O2/c1-25-20-12-6-5-10-17(20)14-18-11-7-13-23(18)21(24)15-19(22)16-8-3-2-4-9-16/h2-6,8-10,12,18-19H,7,11,13-15,22H2,1H3/t18-,19+/m0/s1. The summed E-state index contributed by atoms with van der Waals surface area (Å²) < 4.78 is 5.45.